The van der Waals surface area contributed by atoms with E-state index in [0.29, 0.717) is 28.0 Å². The number of hydrazine groups is 1. The molecule has 3 aromatic rings. The maximum Gasteiger partial charge on any atom is 0.340 e. The Balaban J connectivity index is 2.21. The Morgan fingerprint density at radius 2 is 2.18 bits per heavy atom. The second kappa shape index (κ2) is 8.25. The number of nitrogens with zero attached hydrogens (tertiary/aromatic N) is 4. The Labute approximate surface area is 170 Å². The number of hydrogen-bond acceptors (Lipinski definition) is 5. The number of fused-ring (bicyclic) bond motifs is 1. The van der Waals surface area contributed by atoms with Gasteiger partial charge in [-0.05, 0) is 30.3 Å². The molecule has 0 bridgehead atoms. The number of allylic oxidation sites excluding steroid dienone is 1. The number of carbonyl (C=O) groups is 1. The fraction of sp³-hybridized carbons (Fsp3) is 0.150. The van der Waals surface area contributed by atoms with Gasteiger partial charge in [-0.15, -0.1) is 0 Å². The van der Waals surface area contributed by atoms with Crippen LogP contribution in [-0.4, -0.2) is 41.8 Å². The molecule has 0 radical (unpaired) electrons. The number of methoxy groups -OCH3 is 1. The van der Waals surface area contributed by atoms with Crippen molar-refractivity contribution in [1.29, 1.82) is 5.26 Å². The van der Waals surface area contributed by atoms with Crippen molar-refractivity contribution in [3.8, 4) is 11.8 Å². The Hall–Kier alpha value is -3.15. The van der Waals surface area contributed by atoms with Gasteiger partial charge in [-0.3, -0.25) is 15.0 Å². The molecular weight excluding hydrogens is 422 g/mol. The zero-order valence-corrected chi connectivity index (χ0v) is 17.2. The highest BCUT2D eigenvalue weighted by Crippen LogP contribution is 2.32. The highest BCUT2D eigenvalue weighted by atomic mass is 79.9. The number of amides is 1. The van der Waals surface area contributed by atoms with Crippen molar-refractivity contribution in [2.24, 2.45) is 0 Å². The van der Waals surface area contributed by atoms with Crippen LogP contribution in [-0.2, 0) is 0 Å². The maximum atomic E-state index is 12.6. The molecule has 0 atom stereocenters. The number of rotatable bonds is 4. The van der Waals surface area contributed by atoms with Crippen LogP contribution in [0.25, 0.3) is 22.6 Å². The Kier molecular flexibility index (Phi) is 5.78. The van der Waals surface area contributed by atoms with Crippen molar-refractivity contribution in [3.05, 3.63) is 58.5 Å². The van der Waals surface area contributed by atoms with Gasteiger partial charge < -0.3 is 4.74 Å². The monoisotopic (exact) mass is 439 g/mol. The van der Waals surface area contributed by atoms with Crippen LogP contribution in [0.4, 0.5) is 4.79 Å². The lowest BCUT2D eigenvalue weighted by Gasteiger charge is -2.12. The van der Waals surface area contributed by atoms with Gasteiger partial charge in [0.25, 0.3) is 0 Å². The van der Waals surface area contributed by atoms with Crippen molar-refractivity contribution in [1.82, 2.24) is 20.0 Å². The number of halogens is 1. The summed E-state index contributed by atoms with van der Waals surface area (Å²) >= 11 is 3.46. The minimum absolute atomic E-state index is 0.320. The molecule has 142 valence electrons. The minimum Gasteiger partial charge on any atom is -0.496 e. The lowest BCUT2D eigenvalue weighted by molar-refractivity contribution is 0.215. The standard InChI is InChI=1S/C20H18BrN5O2/c1-25(2)24-20(27)26-12-17(16-9-15(21)4-5-18(16)26)13(10-22)8-14-11-23-7-6-19(14)28-3/h4-9,11-12H,1-3H3,(H,24,27). The number of nitrogens with one attached hydrogen (secondary N) is 1. The van der Waals surface area contributed by atoms with Crippen molar-refractivity contribution < 1.29 is 9.53 Å². The summed E-state index contributed by atoms with van der Waals surface area (Å²) in [6.07, 6.45) is 6.62. The molecule has 2 aromatic heterocycles. The Morgan fingerprint density at radius 1 is 1.39 bits per heavy atom. The van der Waals surface area contributed by atoms with E-state index in [-0.39, 0.29) is 6.03 Å². The first-order valence-corrected chi connectivity index (χ1v) is 9.13. The fourth-order valence-corrected chi connectivity index (χ4v) is 3.21. The molecular formula is C20H18BrN5O2. The number of benzene rings is 1. The number of pyridine rings is 1. The van der Waals surface area contributed by atoms with Crippen LogP contribution in [0.3, 0.4) is 0 Å². The second-order valence-corrected chi connectivity index (χ2v) is 7.09. The normalized spacial score (nSPS) is 11.5. The summed E-state index contributed by atoms with van der Waals surface area (Å²) in [7, 11) is 5.03. The van der Waals surface area contributed by atoms with Gasteiger partial charge in [-0.25, -0.2) is 9.80 Å². The van der Waals surface area contributed by atoms with Crippen LogP contribution >= 0.6 is 15.9 Å². The van der Waals surface area contributed by atoms with Gasteiger partial charge in [0.15, 0.2) is 0 Å². The molecule has 3 rings (SSSR count). The van der Waals surface area contributed by atoms with Crippen molar-refractivity contribution in [2.75, 3.05) is 21.2 Å². The number of aromatic nitrogens is 2. The SMILES string of the molecule is COc1ccncc1C=C(C#N)c1cn(C(=O)NN(C)C)c2ccc(Br)cc12. The topological polar surface area (TPSA) is 83.2 Å². The van der Waals surface area contributed by atoms with Gasteiger partial charge in [0, 0.05) is 53.7 Å². The maximum absolute atomic E-state index is 12.6. The van der Waals surface area contributed by atoms with Crippen LogP contribution in [0.15, 0.2) is 47.3 Å². The van der Waals surface area contributed by atoms with Gasteiger partial charge in [0.05, 0.1) is 24.3 Å². The number of hydrogen-bond donors (Lipinski definition) is 1. The molecule has 1 amide bonds. The second-order valence-electron chi connectivity index (χ2n) is 6.17. The van der Waals surface area contributed by atoms with Crippen LogP contribution in [0.1, 0.15) is 11.1 Å². The van der Waals surface area contributed by atoms with E-state index in [1.807, 2.05) is 18.2 Å². The third-order valence-corrected chi connectivity index (χ3v) is 4.54. The number of carbonyl (C=O) groups excluding carboxylic acids is 1. The molecule has 0 aliphatic heterocycles. The lowest BCUT2D eigenvalue weighted by Crippen LogP contribution is -2.38. The molecule has 28 heavy (non-hydrogen) atoms. The first-order chi connectivity index (χ1) is 13.4. The highest BCUT2D eigenvalue weighted by molar-refractivity contribution is 9.10. The zero-order chi connectivity index (χ0) is 20.3. The molecule has 0 unspecified atom stereocenters. The van der Waals surface area contributed by atoms with E-state index in [9.17, 15) is 10.1 Å². The summed E-state index contributed by atoms with van der Waals surface area (Å²) in [4.78, 5) is 16.7. The summed E-state index contributed by atoms with van der Waals surface area (Å²) in [6, 6.07) is 9.21. The van der Waals surface area contributed by atoms with E-state index in [0.717, 1.165) is 9.86 Å². The largest absolute Gasteiger partial charge is 0.496 e. The van der Waals surface area contributed by atoms with Gasteiger partial charge in [-0.1, -0.05) is 15.9 Å². The van der Waals surface area contributed by atoms with E-state index in [1.54, 1.807) is 56.9 Å². The van der Waals surface area contributed by atoms with Crippen molar-refractivity contribution in [2.45, 2.75) is 0 Å². The van der Waals surface area contributed by atoms with E-state index in [4.69, 9.17) is 4.74 Å². The van der Waals surface area contributed by atoms with Gasteiger partial charge in [0.2, 0.25) is 0 Å². The van der Waals surface area contributed by atoms with Crippen molar-refractivity contribution in [3.63, 3.8) is 0 Å². The first-order valence-electron chi connectivity index (χ1n) is 8.33. The van der Waals surface area contributed by atoms with Crippen LogP contribution in [0.2, 0.25) is 0 Å². The molecule has 7 nitrogen and oxygen atoms in total. The van der Waals surface area contributed by atoms with Crippen LogP contribution in [0.5, 0.6) is 5.75 Å². The molecule has 0 saturated heterocycles. The summed E-state index contributed by atoms with van der Waals surface area (Å²) in [5.74, 6) is 0.609. The predicted octanol–water partition coefficient (Wildman–Crippen LogP) is 3.91. The van der Waals surface area contributed by atoms with E-state index in [2.05, 4.69) is 32.4 Å². The first kappa shape index (κ1) is 19.6. The molecule has 0 fully saturated rings. The number of ether oxygens (including phenoxy) is 1. The van der Waals surface area contributed by atoms with Gasteiger partial charge in [0.1, 0.15) is 5.75 Å². The average Bonchev–Trinajstić information content (AvgIpc) is 3.04. The molecule has 1 aromatic carbocycles. The molecule has 0 aliphatic rings. The summed E-state index contributed by atoms with van der Waals surface area (Å²) < 4.78 is 7.68. The molecule has 0 spiro atoms. The van der Waals surface area contributed by atoms with Gasteiger partial charge >= 0.3 is 6.03 Å². The third-order valence-electron chi connectivity index (χ3n) is 4.05. The van der Waals surface area contributed by atoms with Crippen LogP contribution < -0.4 is 10.2 Å². The predicted molar refractivity (Wildman–Crippen MR) is 112 cm³/mol. The smallest absolute Gasteiger partial charge is 0.340 e. The zero-order valence-electron chi connectivity index (χ0n) is 15.6. The molecule has 2 heterocycles. The quantitative estimate of drug-likeness (QED) is 0.492. The molecule has 0 aliphatic carbocycles. The van der Waals surface area contributed by atoms with E-state index < -0.39 is 0 Å². The van der Waals surface area contributed by atoms with E-state index in [1.165, 1.54) is 4.57 Å². The fourth-order valence-electron chi connectivity index (χ4n) is 2.84. The Morgan fingerprint density at radius 3 is 2.86 bits per heavy atom. The van der Waals surface area contributed by atoms with Crippen molar-refractivity contribution >= 4 is 44.5 Å². The van der Waals surface area contributed by atoms with E-state index >= 15 is 0 Å². The van der Waals surface area contributed by atoms with Gasteiger partial charge in [-0.2, -0.15) is 5.26 Å². The molecule has 8 heteroatoms. The van der Waals surface area contributed by atoms with Crippen LogP contribution in [0, 0.1) is 11.3 Å². The number of nitriles is 1. The Bertz CT molecular complexity index is 1110. The summed E-state index contributed by atoms with van der Waals surface area (Å²) in [6.45, 7) is 0. The third kappa shape index (κ3) is 3.91. The molecule has 1 N–H and O–H groups in total. The molecule has 0 saturated carbocycles. The summed E-state index contributed by atoms with van der Waals surface area (Å²) in [5, 5.41) is 12.2. The average molecular weight is 440 g/mol. The summed E-state index contributed by atoms with van der Waals surface area (Å²) in [5.41, 5.74) is 5.12. The lowest BCUT2D eigenvalue weighted by atomic mass is 10.0. The highest BCUT2D eigenvalue weighted by Gasteiger charge is 2.17. The minimum atomic E-state index is -0.320.